The minimum Gasteiger partial charge on any atom is -0.335 e. The highest BCUT2D eigenvalue weighted by molar-refractivity contribution is 5.97. The first-order chi connectivity index (χ1) is 10.2. The van der Waals surface area contributed by atoms with Crippen molar-refractivity contribution in [2.75, 3.05) is 13.1 Å². The zero-order valence-electron chi connectivity index (χ0n) is 11.6. The van der Waals surface area contributed by atoms with E-state index in [0.717, 1.165) is 12.8 Å². The zero-order valence-corrected chi connectivity index (χ0v) is 11.6. The van der Waals surface area contributed by atoms with E-state index in [4.69, 9.17) is 11.0 Å². The van der Waals surface area contributed by atoms with E-state index in [2.05, 4.69) is 11.8 Å². The van der Waals surface area contributed by atoms with Gasteiger partial charge in [0.15, 0.2) is 0 Å². The number of carbonyl (C=O) groups is 1. The maximum absolute atomic E-state index is 13.5. The maximum Gasteiger partial charge on any atom is 0.255 e. The average Bonchev–Trinajstić information content (AvgIpc) is 3.31. The maximum atomic E-state index is 13.5. The fourth-order valence-electron chi connectivity index (χ4n) is 2.11. The summed E-state index contributed by atoms with van der Waals surface area (Å²) in [5.74, 6) is 4.73. The third-order valence-corrected chi connectivity index (χ3v) is 3.25. The predicted octanol–water partition coefficient (Wildman–Crippen LogP) is 1.65. The van der Waals surface area contributed by atoms with Crippen LogP contribution in [0.3, 0.4) is 0 Å². The van der Waals surface area contributed by atoms with E-state index in [-0.39, 0.29) is 30.5 Å². The Bertz CT molecular complexity index is 635. The van der Waals surface area contributed by atoms with E-state index < -0.39 is 5.82 Å². The molecule has 0 spiro atoms. The molecule has 0 bridgehead atoms. The molecular weight excluding hydrogens is 269 g/mol. The Morgan fingerprint density at radius 1 is 1.48 bits per heavy atom. The van der Waals surface area contributed by atoms with Crippen molar-refractivity contribution < 1.29 is 9.18 Å². The molecule has 1 aromatic rings. The number of benzene rings is 1. The molecule has 0 aliphatic heterocycles. The molecule has 1 fully saturated rings. The second-order valence-electron chi connectivity index (χ2n) is 4.83. The number of nitrogens with two attached hydrogens (primary N) is 1. The molecule has 108 valence electrons. The highest BCUT2D eigenvalue weighted by Crippen LogP contribution is 2.29. The number of nitriles is 1. The highest BCUT2D eigenvalue weighted by atomic mass is 19.1. The number of halogens is 1. The first-order valence-electron chi connectivity index (χ1n) is 6.83. The summed E-state index contributed by atoms with van der Waals surface area (Å²) in [7, 11) is 0. The van der Waals surface area contributed by atoms with Crippen LogP contribution in [0, 0.1) is 29.0 Å². The second-order valence-corrected chi connectivity index (χ2v) is 4.83. The Morgan fingerprint density at radius 2 is 2.24 bits per heavy atom. The van der Waals surface area contributed by atoms with E-state index in [1.165, 1.54) is 18.2 Å². The number of amides is 1. The summed E-state index contributed by atoms with van der Waals surface area (Å²) in [4.78, 5) is 14.3. The molecule has 0 saturated heterocycles. The van der Waals surface area contributed by atoms with Crippen LogP contribution in [0.5, 0.6) is 0 Å². The lowest BCUT2D eigenvalue weighted by Crippen LogP contribution is -2.34. The van der Waals surface area contributed by atoms with Crippen LogP contribution in [-0.4, -0.2) is 29.9 Å². The van der Waals surface area contributed by atoms with Crippen LogP contribution in [0.2, 0.25) is 0 Å². The average molecular weight is 285 g/mol. The third-order valence-electron chi connectivity index (χ3n) is 3.25. The van der Waals surface area contributed by atoms with Crippen molar-refractivity contribution in [1.29, 1.82) is 5.26 Å². The van der Waals surface area contributed by atoms with Crippen LogP contribution in [0.15, 0.2) is 18.2 Å². The van der Waals surface area contributed by atoms with Gasteiger partial charge in [-0.25, -0.2) is 4.39 Å². The Kier molecular flexibility index (Phi) is 4.92. The minimum atomic E-state index is -0.479. The van der Waals surface area contributed by atoms with Gasteiger partial charge in [-0.2, -0.15) is 5.26 Å². The van der Waals surface area contributed by atoms with Crippen molar-refractivity contribution in [3.05, 3.63) is 35.1 Å². The molecule has 0 aromatic heterocycles. The summed E-state index contributed by atoms with van der Waals surface area (Å²) in [5, 5.41) is 8.70. The Morgan fingerprint density at radius 3 is 2.86 bits per heavy atom. The van der Waals surface area contributed by atoms with Crippen molar-refractivity contribution in [3.8, 4) is 17.9 Å². The highest BCUT2D eigenvalue weighted by Gasteiger charge is 2.33. The van der Waals surface area contributed by atoms with Gasteiger partial charge in [0.25, 0.3) is 5.91 Å². The third kappa shape index (κ3) is 3.81. The minimum absolute atomic E-state index is 0.157. The molecule has 0 radical (unpaired) electrons. The molecule has 4 nitrogen and oxygen atoms in total. The van der Waals surface area contributed by atoms with Crippen molar-refractivity contribution in [1.82, 2.24) is 4.90 Å². The predicted molar refractivity (Wildman–Crippen MR) is 76.6 cm³/mol. The van der Waals surface area contributed by atoms with E-state index in [9.17, 15) is 9.18 Å². The Hall–Kier alpha value is -2.37. The lowest BCUT2D eigenvalue weighted by Gasteiger charge is -2.22. The van der Waals surface area contributed by atoms with Gasteiger partial charge >= 0.3 is 0 Å². The summed E-state index contributed by atoms with van der Waals surface area (Å²) in [6, 6.07) is 6.15. The molecule has 1 aliphatic rings. The summed E-state index contributed by atoms with van der Waals surface area (Å²) < 4.78 is 13.5. The number of rotatable bonds is 4. The van der Waals surface area contributed by atoms with E-state index in [1.54, 1.807) is 4.90 Å². The lowest BCUT2D eigenvalue weighted by atomic mass is 10.1. The number of hydrogen-bond donors (Lipinski definition) is 1. The van der Waals surface area contributed by atoms with E-state index >= 15 is 0 Å². The molecule has 21 heavy (non-hydrogen) atoms. The molecule has 2 rings (SSSR count). The van der Waals surface area contributed by atoms with Crippen LogP contribution >= 0.6 is 0 Å². The van der Waals surface area contributed by atoms with Gasteiger partial charge < -0.3 is 10.6 Å². The number of hydrogen-bond acceptors (Lipinski definition) is 3. The van der Waals surface area contributed by atoms with Crippen LogP contribution in [0.4, 0.5) is 4.39 Å². The van der Waals surface area contributed by atoms with Gasteiger partial charge in [0.2, 0.25) is 0 Å². The normalized spacial score (nSPS) is 13.0. The molecule has 2 N–H and O–H groups in total. The fraction of sp³-hybridized carbons (Fsp3) is 0.375. The topological polar surface area (TPSA) is 70.1 Å². The Balaban J connectivity index is 2.31. The van der Waals surface area contributed by atoms with Gasteiger partial charge in [-0.15, -0.1) is 0 Å². The summed E-state index contributed by atoms with van der Waals surface area (Å²) in [6.07, 6.45) is 2.12. The van der Waals surface area contributed by atoms with E-state index in [0.29, 0.717) is 12.1 Å². The molecule has 1 aromatic carbocycles. The fourth-order valence-corrected chi connectivity index (χ4v) is 2.11. The first kappa shape index (κ1) is 15.0. The van der Waals surface area contributed by atoms with Gasteiger partial charge in [0.1, 0.15) is 5.82 Å². The lowest BCUT2D eigenvalue weighted by molar-refractivity contribution is 0.0746. The van der Waals surface area contributed by atoms with Crippen LogP contribution in [-0.2, 0) is 0 Å². The smallest absolute Gasteiger partial charge is 0.255 e. The van der Waals surface area contributed by atoms with Crippen molar-refractivity contribution in [3.63, 3.8) is 0 Å². The van der Waals surface area contributed by atoms with Crippen molar-refractivity contribution in [2.45, 2.75) is 25.3 Å². The number of carbonyl (C=O) groups excluding carboxylic acids is 1. The quantitative estimate of drug-likeness (QED) is 0.855. The van der Waals surface area contributed by atoms with Crippen LogP contribution < -0.4 is 5.73 Å². The first-order valence-corrected chi connectivity index (χ1v) is 6.83. The molecule has 1 amide bonds. The largest absolute Gasteiger partial charge is 0.335 e. The SMILES string of the molecule is N#CCCN(C(=O)c1cc(F)ccc1C#CCN)C1CC1. The monoisotopic (exact) mass is 285 g/mol. The molecule has 1 saturated carbocycles. The van der Waals surface area contributed by atoms with Gasteiger partial charge in [0.05, 0.1) is 24.6 Å². The molecule has 0 heterocycles. The van der Waals surface area contributed by atoms with Gasteiger partial charge in [-0.05, 0) is 31.0 Å². The molecule has 0 atom stereocenters. The molecule has 5 heteroatoms. The Labute approximate surface area is 123 Å². The molecule has 0 unspecified atom stereocenters. The van der Waals surface area contributed by atoms with E-state index in [1.807, 2.05) is 6.07 Å². The summed E-state index contributed by atoms with van der Waals surface area (Å²) in [6.45, 7) is 0.534. The van der Waals surface area contributed by atoms with Crippen LogP contribution in [0.25, 0.3) is 0 Å². The van der Waals surface area contributed by atoms with Gasteiger partial charge in [0, 0.05) is 18.2 Å². The van der Waals surface area contributed by atoms with Gasteiger partial charge in [-0.3, -0.25) is 4.79 Å². The van der Waals surface area contributed by atoms with Crippen LogP contribution in [0.1, 0.15) is 35.2 Å². The molecular formula is C16H16FN3O. The van der Waals surface area contributed by atoms with Gasteiger partial charge in [-0.1, -0.05) is 11.8 Å². The van der Waals surface area contributed by atoms with Crippen molar-refractivity contribution >= 4 is 5.91 Å². The standard InChI is InChI=1S/C16H16FN3O/c17-13-5-4-12(3-1-8-18)15(11-13)16(21)20(10-2-9-19)14-6-7-14/h4-5,11,14H,2,6-8,10,18H2. The number of nitrogens with zero attached hydrogens (tertiary/aromatic N) is 2. The zero-order chi connectivity index (χ0) is 15.2. The summed E-state index contributed by atoms with van der Waals surface area (Å²) >= 11 is 0. The molecule has 1 aliphatic carbocycles. The summed E-state index contributed by atoms with van der Waals surface area (Å²) in [5.41, 5.74) is 6.04. The van der Waals surface area contributed by atoms with Crippen molar-refractivity contribution in [2.24, 2.45) is 5.73 Å². The second kappa shape index (κ2) is 6.88.